The molecule has 0 aliphatic heterocycles. The van der Waals surface area contributed by atoms with Crippen molar-refractivity contribution in [2.45, 2.75) is 96.3 Å². The highest BCUT2D eigenvalue weighted by atomic mass is 19.1. The Morgan fingerprint density at radius 3 is 0.863 bits per heavy atom. The van der Waals surface area contributed by atoms with Gasteiger partial charge in [0, 0.05) is 57.3 Å². The summed E-state index contributed by atoms with van der Waals surface area (Å²) in [5, 5.41) is 14.2. The number of halogens is 4. The highest BCUT2D eigenvalue weighted by molar-refractivity contribution is 5.99. The summed E-state index contributed by atoms with van der Waals surface area (Å²) in [6, 6.07) is 102. The minimum absolute atomic E-state index is 0.0735. The van der Waals surface area contributed by atoms with E-state index in [1.807, 2.05) is 237 Å². The van der Waals surface area contributed by atoms with Gasteiger partial charge in [-0.2, -0.15) is 0 Å². The molecule has 16 nitrogen and oxygen atoms in total. The number of aromatic nitrogens is 8. The summed E-state index contributed by atoms with van der Waals surface area (Å²) in [5.74, 6) is 0.412. The van der Waals surface area contributed by atoms with E-state index in [-0.39, 0.29) is 59.7 Å². The number of carbonyl (C=O) groups excluding carboxylic acids is 4. The van der Waals surface area contributed by atoms with E-state index >= 15 is 0 Å². The maximum atomic E-state index is 13.8. The van der Waals surface area contributed by atoms with Crippen molar-refractivity contribution in [2.24, 2.45) is 0 Å². The third kappa shape index (κ3) is 20.7. The zero-order chi connectivity index (χ0) is 89.5. The minimum Gasteiger partial charge on any atom is -0.309 e. The third-order valence-electron chi connectivity index (χ3n) is 23.5. The number of anilines is 4. The molecule has 4 aliphatic rings. The number of rotatable bonds is 19. The second-order valence-electron chi connectivity index (χ2n) is 32.6. The average molecular weight is 1730 g/mol. The monoisotopic (exact) mass is 1730 g/mol. The fraction of sp³-hybridized carbons (Fsp3) is 0.135. The van der Waals surface area contributed by atoms with Crippen LogP contribution in [0.2, 0.25) is 0 Å². The largest absolute Gasteiger partial charge is 0.309 e. The number of fused-ring (bicyclic) bond motifs is 13. The van der Waals surface area contributed by atoms with E-state index in [1.165, 1.54) is 29.8 Å². The Bertz CT molecular complexity index is 7090. The summed E-state index contributed by atoms with van der Waals surface area (Å²) in [4.78, 5) is 90.4. The molecule has 0 unspecified atom stereocenters. The Balaban J connectivity index is 0.000000117. The maximum Gasteiger partial charge on any atom is 0.230 e. The van der Waals surface area contributed by atoms with E-state index in [1.54, 1.807) is 48.5 Å². The Labute approximate surface area is 755 Å². The molecule has 0 saturated carbocycles. The van der Waals surface area contributed by atoms with Gasteiger partial charge in [0.1, 0.15) is 46.0 Å². The molecular formula is C111H88F4N12O4. The Morgan fingerprint density at radius 1 is 0.237 bits per heavy atom. The van der Waals surface area contributed by atoms with Gasteiger partial charge in [0.25, 0.3) is 0 Å². The lowest BCUT2D eigenvalue weighted by molar-refractivity contribution is -0.117. The lowest BCUT2D eigenvalue weighted by Gasteiger charge is -2.21. The standard InChI is InChI=1S/C30H22FN3O.C28H24FN3O.C27H22FN3O.C26H20FN3O/c31-24-13-14-25-23(18-24)12-15-26-29(25)34-28(21-7-2-1-3-8-21)30(32-26)33-27(35)17-19-10-11-20-6-4-5-9-22(20)16-19;29-22-15-16-23-21(18-22)14-17-24-27(23)32-26(20-11-5-2-6-12-20)28(30-24)31-25(33)13-7-10-19-8-3-1-4-9-19;28-21-13-14-22-20(17-21)12-15-23-26(22)31-25(19-9-5-2-6-10-19)27(29-23)30-24(32)16-11-18-7-3-1-4-8-18;27-20-12-13-21-19(16-20)11-14-22-25(21)30-24(18-9-5-2-6-10-18)26(28-22)29-23(31)15-17-7-3-1-4-8-17/h1-11,13-14,16,18H,12,15,17H2,(H,32,33,35);1-6,8-9,11-12,15-16,18H,7,10,13-14,17H2,(H,30,31,33);1-10,13-14,17H,11-12,15-16H2,(H,29,30,32);1-10,12-13,16H,11,14-15H2,(H,28,29,31). The van der Waals surface area contributed by atoms with E-state index in [9.17, 15) is 36.7 Å². The summed E-state index contributed by atoms with van der Waals surface area (Å²) in [7, 11) is 0. The number of hydrogen-bond donors (Lipinski definition) is 4. The van der Waals surface area contributed by atoms with E-state index in [0.29, 0.717) is 117 Å². The SMILES string of the molecule is O=C(CCCc1ccccc1)Nc1nc2c(nc1-c1ccccc1)-c1ccc(F)cc1CC2.O=C(CCc1ccccc1)Nc1nc2c(nc1-c1ccccc1)-c1ccc(F)cc1CC2.O=C(Cc1ccc2ccccc2c1)Nc1nc2c(nc1-c1ccccc1)-c1ccc(F)cc1CC2.O=C(Cc1ccccc1)Nc1nc2c(nc1-c1ccccc1)-c1ccc(F)cc1CC2. The molecule has 0 fully saturated rings. The third-order valence-corrected chi connectivity index (χ3v) is 23.5. The van der Waals surface area contributed by atoms with Crippen molar-refractivity contribution < 1.29 is 36.7 Å². The first-order valence-corrected chi connectivity index (χ1v) is 43.9. The summed E-state index contributed by atoms with van der Waals surface area (Å²) in [6.45, 7) is 0. The molecule has 131 heavy (non-hydrogen) atoms. The van der Waals surface area contributed by atoms with Crippen molar-refractivity contribution >= 4 is 57.7 Å². The fourth-order valence-corrected chi connectivity index (χ4v) is 17.0. The van der Waals surface area contributed by atoms with Gasteiger partial charge in [0.15, 0.2) is 23.3 Å². The first kappa shape index (κ1) is 85.8. The predicted molar refractivity (Wildman–Crippen MR) is 508 cm³/mol. The summed E-state index contributed by atoms with van der Waals surface area (Å²) in [5.41, 5.74) is 23.8. The number of benzene rings is 13. The Kier molecular flexibility index (Phi) is 26.2. The number of nitrogens with one attached hydrogen (secondary N) is 4. The summed E-state index contributed by atoms with van der Waals surface area (Å²) >= 11 is 0. The number of carbonyl (C=O) groups is 4. The molecule has 4 aromatic heterocycles. The molecule has 0 radical (unpaired) electrons. The number of amides is 4. The maximum absolute atomic E-state index is 13.8. The van der Waals surface area contributed by atoms with Crippen molar-refractivity contribution in [1.82, 2.24) is 39.9 Å². The fourth-order valence-electron chi connectivity index (χ4n) is 17.0. The summed E-state index contributed by atoms with van der Waals surface area (Å²) in [6.07, 6.45) is 8.90. The van der Waals surface area contributed by atoms with Crippen LogP contribution in [0.1, 0.15) is 86.5 Å². The topological polar surface area (TPSA) is 220 Å². The quantitative estimate of drug-likeness (QED) is 0.0556. The van der Waals surface area contributed by atoms with Gasteiger partial charge < -0.3 is 21.3 Å². The highest BCUT2D eigenvalue weighted by Crippen LogP contribution is 2.42. The van der Waals surface area contributed by atoms with Crippen molar-refractivity contribution in [3.63, 3.8) is 0 Å². The molecule has 21 rings (SSSR count). The smallest absolute Gasteiger partial charge is 0.230 e. The molecule has 4 aliphatic carbocycles. The van der Waals surface area contributed by atoms with E-state index in [2.05, 4.69) is 39.5 Å². The molecule has 20 heteroatoms. The van der Waals surface area contributed by atoms with Crippen LogP contribution in [0.4, 0.5) is 40.8 Å². The van der Waals surface area contributed by atoms with Crippen LogP contribution >= 0.6 is 0 Å². The lowest BCUT2D eigenvalue weighted by atomic mass is 9.91. The molecule has 0 saturated heterocycles. The molecule has 4 N–H and O–H groups in total. The highest BCUT2D eigenvalue weighted by Gasteiger charge is 2.30. The molecule has 644 valence electrons. The van der Waals surface area contributed by atoms with Crippen LogP contribution < -0.4 is 21.3 Å². The van der Waals surface area contributed by atoms with Gasteiger partial charge in [-0.3, -0.25) is 19.2 Å². The molecule has 0 spiro atoms. The molecular weight excluding hydrogens is 1640 g/mol. The van der Waals surface area contributed by atoms with Crippen LogP contribution in [0, 0.1) is 23.3 Å². The zero-order valence-electron chi connectivity index (χ0n) is 71.5. The van der Waals surface area contributed by atoms with Crippen LogP contribution in [-0.4, -0.2) is 63.5 Å². The van der Waals surface area contributed by atoms with Crippen molar-refractivity contribution in [2.75, 3.05) is 21.3 Å². The number of hydrogen-bond acceptors (Lipinski definition) is 12. The molecule has 13 aromatic carbocycles. The first-order valence-electron chi connectivity index (χ1n) is 43.9. The normalized spacial score (nSPS) is 12.1. The van der Waals surface area contributed by atoms with Crippen LogP contribution in [0.5, 0.6) is 0 Å². The molecule has 17 aromatic rings. The molecule has 4 heterocycles. The second-order valence-corrected chi connectivity index (χ2v) is 32.6. The molecule has 0 bridgehead atoms. The van der Waals surface area contributed by atoms with Gasteiger partial charge >= 0.3 is 0 Å². The van der Waals surface area contributed by atoms with Gasteiger partial charge in [-0.25, -0.2) is 57.4 Å². The van der Waals surface area contributed by atoms with Gasteiger partial charge in [-0.15, -0.1) is 0 Å². The summed E-state index contributed by atoms with van der Waals surface area (Å²) < 4.78 is 55.0. The molecule has 4 amide bonds. The van der Waals surface area contributed by atoms with Crippen LogP contribution in [0.25, 0.3) is 101 Å². The lowest BCUT2D eigenvalue weighted by Crippen LogP contribution is -2.19. The second kappa shape index (κ2) is 39.9. The molecule has 0 atom stereocenters. The minimum atomic E-state index is -0.249. The number of aryl methyl sites for hydroxylation is 10. The average Bonchev–Trinajstić information content (AvgIpc) is 0.777. The van der Waals surface area contributed by atoms with Gasteiger partial charge in [-0.05, 0) is 199 Å². The zero-order valence-corrected chi connectivity index (χ0v) is 71.5. The first-order chi connectivity index (χ1) is 64.1. The van der Waals surface area contributed by atoms with Crippen molar-refractivity contribution in [3.05, 3.63) is 418 Å². The number of nitrogens with zero attached hydrogens (tertiary/aromatic N) is 8. The van der Waals surface area contributed by atoms with E-state index < -0.39 is 0 Å². The van der Waals surface area contributed by atoms with Crippen LogP contribution in [0.3, 0.4) is 0 Å². The van der Waals surface area contributed by atoms with Gasteiger partial charge in [0.05, 0.1) is 58.4 Å². The van der Waals surface area contributed by atoms with Crippen molar-refractivity contribution in [1.29, 1.82) is 0 Å². The van der Waals surface area contributed by atoms with Gasteiger partial charge in [0.2, 0.25) is 23.6 Å². The van der Waals surface area contributed by atoms with Crippen LogP contribution in [0.15, 0.2) is 328 Å². The van der Waals surface area contributed by atoms with E-state index in [4.69, 9.17) is 39.9 Å². The Morgan fingerprint density at radius 2 is 0.519 bits per heavy atom. The predicted octanol–water partition coefficient (Wildman–Crippen LogP) is 23.2. The van der Waals surface area contributed by atoms with Crippen molar-refractivity contribution in [3.8, 4) is 90.1 Å². The Hall–Kier alpha value is -16.0. The van der Waals surface area contributed by atoms with Crippen LogP contribution in [-0.2, 0) is 96.2 Å². The van der Waals surface area contributed by atoms with E-state index in [0.717, 1.165) is 153 Å². The van der Waals surface area contributed by atoms with Gasteiger partial charge in [-0.1, -0.05) is 255 Å².